The van der Waals surface area contributed by atoms with E-state index in [1.54, 1.807) is 0 Å². The molecule has 8 heteroatoms. The highest BCUT2D eigenvalue weighted by Crippen LogP contribution is 2.32. The molecule has 0 aromatic carbocycles. The molecule has 0 amide bonds. The number of halogens is 5. The maximum absolute atomic E-state index is 12.4. The molecule has 0 saturated carbocycles. The molecule has 0 spiro atoms. The Bertz CT molecular complexity index is 434. The van der Waals surface area contributed by atoms with Gasteiger partial charge >= 0.3 is 6.18 Å². The van der Waals surface area contributed by atoms with Crippen LogP contribution in [-0.4, -0.2) is 24.1 Å². The van der Waals surface area contributed by atoms with Gasteiger partial charge in [0.2, 0.25) is 0 Å². The van der Waals surface area contributed by atoms with Crippen LogP contribution in [0.1, 0.15) is 24.8 Å². The minimum atomic E-state index is -4.42. The Hall–Kier alpha value is -0.720. The van der Waals surface area contributed by atoms with Crippen molar-refractivity contribution < 1.29 is 13.2 Å². The Morgan fingerprint density at radius 3 is 2.70 bits per heavy atom. The Morgan fingerprint density at radius 1 is 1.40 bits per heavy atom. The van der Waals surface area contributed by atoms with E-state index in [1.807, 2.05) is 0 Å². The number of alkyl halides is 3. The first kappa shape index (κ1) is 17.3. The normalized spacial score (nSPS) is 19.3. The van der Waals surface area contributed by atoms with E-state index in [1.165, 1.54) is 0 Å². The molecule has 2 N–H and O–H groups in total. The van der Waals surface area contributed by atoms with E-state index in [4.69, 9.17) is 11.6 Å². The number of aromatic nitrogens is 1. The number of pyridine rings is 1. The van der Waals surface area contributed by atoms with Crippen LogP contribution in [0, 0.1) is 0 Å². The summed E-state index contributed by atoms with van der Waals surface area (Å²) in [6, 6.07) is 1.21. The second-order valence-electron chi connectivity index (χ2n) is 4.58. The maximum atomic E-state index is 12.4. The molecule has 3 nitrogen and oxygen atoms in total. The molecule has 1 saturated heterocycles. The lowest BCUT2D eigenvalue weighted by Gasteiger charge is -2.24. The fourth-order valence-electron chi connectivity index (χ4n) is 2.04. The number of anilines is 1. The molecule has 114 valence electrons. The summed E-state index contributed by atoms with van der Waals surface area (Å²) in [7, 11) is 0. The van der Waals surface area contributed by atoms with Crippen LogP contribution in [0.3, 0.4) is 0 Å². The summed E-state index contributed by atoms with van der Waals surface area (Å²) < 4.78 is 37.3. The van der Waals surface area contributed by atoms with Crippen LogP contribution in [0.4, 0.5) is 19.0 Å². The van der Waals surface area contributed by atoms with E-state index in [0.29, 0.717) is 18.4 Å². The average Bonchev–Trinajstić information content (AvgIpc) is 2.37. The summed E-state index contributed by atoms with van der Waals surface area (Å²) in [6.45, 7) is 1.58. The van der Waals surface area contributed by atoms with Crippen LogP contribution in [0.5, 0.6) is 0 Å². The third-order valence-corrected chi connectivity index (χ3v) is 3.38. The van der Waals surface area contributed by atoms with Gasteiger partial charge in [-0.2, -0.15) is 13.2 Å². The highest BCUT2D eigenvalue weighted by atomic mass is 35.5. The summed E-state index contributed by atoms with van der Waals surface area (Å²) in [5.74, 6) is 0.294. The molecule has 1 fully saturated rings. The molecular weight excluding hydrogens is 314 g/mol. The summed E-state index contributed by atoms with van der Waals surface area (Å²) in [5.41, 5.74) is -0.834. The van der Waals surface area contributed by atoms with Gasteiger partial charge in [0.15, 0.2) is 0 Å². The molecule has 0 aliphatic carbocycles. The van der Waals surface area contributed by atoms with Gasteiger partial charge in [-0.1, -0.05) is 18.0 Å². The molecule has 1 atom stereocenters. The summed E-state index contributed by atoms with van der Waals surface area (Å²) >= 11 is 5.81. The molecule has 1 aromatic heterocycles. The van der Waals surface area contributed by atoms with E-state index in [9.17, 15) is 13.2 Å². The average molecular weight is 330 g/mol. The lowest BCUT2D eigenvalue weighted by Crippen LogP contribution is -2.39. The minimum absolute atomic E-state index is 0. The van der Waals surface area contributed by atoms with Gasteiger partial charge in [-0.3, -0.25) is 0 Å². The second kappa shape index (κ2) is 7.33. The zero-order valence-corrected chi connectivity index (χ0v) is 12.2. The monoisotopic (exact) mass is 329 g/mol. The standard InChI is InChI=1S/C12H15ClF3N3.ClH/c13-10-5-8(12(14,15)16)6-18-11(10)19-7-9-3-1-2-4-17-9;/h5-6,9,17H,1-4,7H2,(H,18,19);1H. The maximum Gasteiger partial charge on any atom is 0.417 e. The van der Waals surface area contributed by atoms with Gasteiger partial charge < -0.3 is 10.6 Å². The van der Waals surface area contributed by atoms with Gasteiger partial charge in [-0.15, -0.1) is 12.4 Å². The molecule has 1 aliphatic rings. The zero-order valence-electron chi connectivity index (χ0n) is 10.6. The Morgan fingerprint density at radius 2 is 2.15 bits per heavy atom. The number of hydrogen-bond donors (Lipinski definition) is 2. The van der Waals surface area contributed by atoms with Crippen LogP contribution in [0.25, 0.3) is 0 Å². The van der Waals surface area contributed by atoms with Crippen molar-refractivity contribution in [1.29, 1.82) is 0 Å². The van der Waals surface area contributed by atoms with Crippen molar-refractivity contribution >= 4 is 29.8 Å². The lowest BCUT2D eigenvalue weighted by atomic mass is 10.1. The number of rotatable bonds is 3. The van der Waals surface area contributed by atoms with E-state index < -0.39 is 11.7 Å². The van der Waals surface area contributed by atoms with Crippen LogP contribution >= 0.6 is 24.0 Å². The molecule has 1 unspecified atom stereocenters. The van der Waals surface area contributed by atoms with E-state index in [0.717, 1.165) is 38.1 Å². The van der Waals surface area contributed by atoms with E-state index >= 15 is 0 Å². The summed E-state index contributed by atoms with van der Waals surface area (Å²) in [6.07, 6.45) is -0.253. The quantitative estimate of drug-likeness (QED) is 0.887. The largest absolute Gasteiger partial charge is 0.417 e. The fourth-order valence-corrected chi connectivity index (χ4v) is 2.27. The molecule has 2 heterocycles. The summed E-state index contributed by atoms with van der Waals surface area (Å²) in [5, 5.41) is 6.31. The zero-order chi connectivity index (χ0) is 13.9. The number of piperidine rings is 1. The predicted molar refractivity (Wildman–Crippen MR) is 75.6 cm³/mol. The Balaban J connectivity index is 0.00000200. The first-order chi connectivity index (χ1) is 8.97. The van der Waals surface area contributed by atoms with Crippen molar-refractivity contribution in [2.45, 2.75) is 31.5 Å². The van der Waals surface area contributed by atoms with Crippen molar-refractivity contribution in [3.8, 4) is 0 Å². The number of nitrogens with zero attached hydrogens (tertiary/aromatic N) is 1. The molecule has 0 radical (unpaired) electrons. The molecular formula is C12H16Cl2F3N3. The number of nitrogens with one attached hydrogen (secondary N) is 2. The molecule has 0 bridgehead atoms. The highest BCUT2D eigenvalue weighted by Gasteiger charge is 2.31. The van der Waals surface area contributed by atoms with Crippen molar-refractivity contribution in [3.63, 3.8) is 0 Å². The van der Waals surface area contributed by atoms with Gasteiger partial charge in [-0.05, 0) is 25.5 Å². The van der Waals surface area contributed by atoms with Gasteiger partial charge in [0.05, 0.1) is 10.6 Å². The van der Waals surface area contributed by atoms with Gasteiger partial charge in [0, 0.05) is 18.8 Å². The predicted octanol–water partition coefficient (Wildman–Crippen LogP) is 3.73. The molecule has 20 heavy (non-hydrogen) atoms. The van der Waals surface area contributed by atoms with Gasteiger partial charge in [0.1, 0.15) is 5.82 Å². The van der Waals surface area contributed by atoms with Crippen molar-refractivity contribution in [2.75, 3.05) is 18.4 Å². The first-order valence-corrected chi connectivity index (χ1v) is 6.54. The van der Waals surface area contributed by atoms with Crippen LogP contribution in [-0.2, 0) is 6.18 Å². The van der Waals surface area contributed by atoms with Crippen LogP contribution < -0.4 is 10.6 Å². The van der Waals surface area contributed by atoms with E-state index in [2.05, 4.69) is 15.6 Å². The van der Waals surface area contributed by atoms with Crippen LogP contribution in [0.2, 0.25) is 5.02 Å². The summed E-state index contributed by atoms with van der Waals surface area (Å²) in [4.78, 5) is 3.74. The molecule has 1 aromatic rings. The number of hydrogen-bond acceptors (Lipinski definition) is 3. The van der Waals surface area contributed by atoms with Crippen LogP contribution in [0.15, 0.2) is 12.3 Å². The Labute approximate surface area is 126 Å². The SMILES string of the molecule is Cl.FC(F)(F)c1cnc(NCC2CCCCN2)c(Cl)c1. The molecule has 2 rings (SSSR count). The van der Waals surface area contributed by atoms with Gasteiger partial charge in [0.25, 0.3) is 0 Å². The van der Waals surface area contributed by atoms with Crippen molar-refractivity contribution in [3.05, 3.63) is 22.8 Å². The molecule has 1 aliphatic heterocycles. The highest BCUT2D eigenvalue weighted by molar-refractivity contribution is 6.32. The first-order valence-electron chi connectivity index (χ1n) is 6.17. The minimum Gasteiger partial charge on any atom is -0.367 e. The third kappa shape index (κ3) is 4.68. The topological polar surface area (TPSA) is 37.0 Å². The van der Waals surface area contributed by atoms with Crippen molar-refractivity contribution in [1.82, 2.24) is 10.3 Å². The lowest BCUT2D eigenvalue weighted by molar-refractivity contribution is -0.137. The Kier molecular flexibility index (Phi) is 6.36. The van der Waals surface area contributed by atoms with Crippen molar-refractivity contribution in [2.24, 2.45) is 0 Å². The second-order valence-corrected chi connectivity index (χ2v) is 4.99. The van der Waals surface area contributed by atoms with E-state index in [-0.39, 0.29) is 17.4 Å². The van der Waals surface area contributed by atoms with Gasteiger partial charge in [-0.25, -0.2) is 4.98 Å². The third-order valence-electron chi connectivity index (χ3n) is 3.10. The fraction of sp³-hybridized carbons (Fsp3) is 0.583. The smallest absolute Gasteiger partial charge is 0.367 e.